The number of piperazine rings is 1. The van der Waals surface area contributed by atoms with E-state index in [1.165, 1.54) is 16.8 Å². The first-order valence-electron chi connectivity index (χ1n) is 11.2. The first kappa shape index (κ1) is 22.9. The van der Waals surface area contributed by atoms with Crippen molar-refractivity contribution in [1.82, 2.24) is 19.6 Å². The number of carbonyl (C=O) groups is 1. The van der Waals surface area contributed by atoms with Crippen molar-refractivity contribution in [3.63, 3.8) is 0 Å². The van der Waals surface area contributed by atoms with E-state index < -0.39 is 0 Å². The third-order valence-electron chi connectivity index (χ3n) is 5.90. The second-order valence-electron chi connectivity index (χ2n) is 8.80. The van der Waals surface area contributed by atoms with Gasteiger partial charge in [-0.15, -0.1) is 0 Å². The lowest BCUT2D eigenvalue weighted by atomic mass is 10.1. The van der Waals surface area contributed by atoms with Crippen molar-refractivity contribution in [3.05, 3.63) is 69.9 Å². The predicted molar refractivity (Wildman–Crippen MR) is 125 cm³/mol. The monoisotopic (exact) mass is 452 g/mol. The summed E-state index contributed by atoms with van der Waals surface area (Å²) in [4.78, 5) is 30.2. The first-order chi connectivity index (χ1) is 15.9. The van der Waals surface area contributed by atoms with Crippen LogP contribution >= 0.6 is 0 Å². The molecule has 1 aliphatic rings. The molecule has 1 aliphatic heterocycles. The highest BCUT2D eigenvalue weighted by molar-refractivity contribution is 6.04. The van der Waals surface area contributed by atoms with E-state index in [2.05, 4.69) is 10.00 Å². The molecular formula is C25H29FN4O3. The van der Waals surface area contributed by atoms with Crippen molar-refractivity contribution in [2.75, 3.05) is 33.3 Å². The quantitative estimate of drug-likeness (QED) is 0.575. The predicted octanol–water partition coefficient (Wildman–Crippen LogP) is 3.16. The molecule has 0 N–H and O–H groups in total. The van der Waals surface area contributed by atoms with E-state index in [1.54, 1.807) is 36.3 Å². The molecule has 0 aliphatic carbocycles. The molecule has 0 radical (unpaired) electrons. The van der Waals surface area contributed by atoms with Crippen LogP contribution in [0, 0.1) is 11.7 Å². The smallest absolute Gasteiger partial charge is 0.275 e. The van der Waals surface area contributed by atoms with Crippen LogP contribution in [0.4, 0.5) is 4.39 Å². The minimum atomic E-state index is -0.297. The van der Waals surface area contributed by atoms with Crippen molar-refractivity contribution in [3.8, 4) is 5.75 Å². The number of carbonyl (C=O) groups excluding carboxylic acids is 1. The van der Waals surface area contributed by atoms with Crippen molar-refractivity contribution >= 4 is 16.7 Å². The highest BCUT2D eigenvalue weighted by Crippen LogP contribution is 2.22. The molecule has 0 spiro atoms. The van der Waals surface area contributed by atoms with E-state index >= 15 is 0 Å². The van der Waals surface area contributed by atoms with Gasteiger partial charge < -0.3 is 9.64 Å². The Kier molecular flexibility index (Phi) is 6.74. The summed E-state index contributed by atoms with van der Waals surface area (Å²) in [6, 6.07) is 11.7. The van der Waals surface area contributed by atoms with Crippen LogP contribution in [-0.2, 0) is 13.1 Å². The molecule has 8 heteroatoms. The summed E-state index contributed by atoms with van der Waals surface area (Å²) in [7, 11) is 1.57. The normalized spacial score (nSPS) is 14.8. The van der Waals surface area contributed by atoms with E-state index in [9.17, 15) is 14.0 Å². The summed E-state index contributed by atoms with van der Waals surface area (Å²) in [5, 5.41) is 5.57. The van der Waals surface area contributed by atoms with Gasteiger partial charge in [-0.25, -0.2) is 9.07 Å². The van der Waals surface area contributed by atoms with Crippen LogP contribution in [0.2, 0.25) is 0 Å². The number of hydrogen-bond acceptors (Lipinski definition) is 5. The summed E-state index contributed by atoms with van der Waals surface area (Å²) in [5.74, 6) is 0.404. The summed E-state index contributed by atoms with van der Waals surface area (Å²) in [6.07, 6.45) is 0. The third kappa shape index (κ3) is 4.90. The van der Waals surface area contributed by atoms with Gasteiger partial charge in [-0.05, 0) is 30.2 Å². The topological polar surface area (TPSA) is 67.7 Å². The van der Waals surface area contributed by atoms with E-state index in [0.717, 1.165) is 5.56 Å². The molecule has 1 amide bonds. The molecule has 33 heavy (non-hydrogen) atoms. The lowest BCUT2D eigenvalue weighted by molar-refractivity contribution is 0.0621. The third-order valence-corrected chi connectivity index (χ3v) is 5.90. The van der Waals surface area contributed by atoms with Crippen LogP contribution in [0.5, 0.6) is 5.75 Å². The highest BCUT2D eigenvalue weighted by Gasteiger charge is 2.26. The Balaban J connectivity index is 1.53. The fraction of sp³-hybridized carbons (Fsp3) is 0.400. The standard InChI is InChI=1S/C25H29FN4O3/c1-17(2)15-30-24(31)21-7-5-4-6-20(21)23(27-30)25(32)29-12-10-28(11-13-29)16-18-14-19(26)8-9-22(18)33-3/h4-9,14,17H,10-13,15-16H2,1-3H3. The largest absolute Gasteiger partial charge is 0.496 e. The molecule has 1 saturated heterocycles. The zero-order chi connectivity index (χ0) is 23.5. The van der Waals surface area contributed by atoms with Gasteiger partial charge in [-0.3, -0.25) is 14.5 Å². The number of rotatable bonds is 6. The van der Waals surface area contributed by atoms with Gasteiger partial charge in [0.1, 0.15) is 11.6 Å². The zero-order valence-electron chi connectivity index (χ0n) is 19.3. The number of ether oxygens (including phenoxy) is 1. The first-order valence-corrected chi connectivity index (χ1v) is 11.2. The van der Waals surface area contributed by atoms with Gasteiger partial charge in [0, 0.05) is 50.2 Å². The average molecular weight is 453 g/mol. The Labute approximate surface area is 192 Å². The Morgan fingerprint density at radius 1 is 1.09 bits per heavy atom. The molecule has 3 aromatic rings. The van der Waals surface area contributed by atoms with E-state index in [4.69, 9.17) is 4.74 Å². The van der Waals surface area contributed by atoms with Crippen molar-refractivity contribution < 1.29 is 13.9 Å². The maximum Gasteiger partial charge on any atom is 0.275 e. The van der Waals surface area contributed by atoms with Gasteiger partial charge >= 0.3 is 0 Å². The van der Waals surface area contributed by atoms with Crippen LogP contribution < -0.4 is 10.3 Å². The van der Waals surface area contributed by atoms with Crippen molar-refractivity contribution in [1.29, 1.82) is 0 Å². The van der Waals surface area contributed by atoms with Crippen LogP contribution in [0.1, 0.15) is 29.9 Å². The Bertz CT molecular complexity index is 1220. The number of nitrogens with zero attached hydrogens (tertiary/aromatic N) is 4. The fourth-order valence-electron chi connectivity index (χ4n) is 4.23. The van der Waals surface area contributed by atoms with Gasteiger partial charge in [-0.1, -0.05) is 32.0 Å². The Hall–Kier alpha value is -3.26. The van der Waals surface area contributed by atoms with Crippen LogP contribution in [-0.4, -0.2) is 58.8 Å². The minimum absolute atomic E-state index is 0.174. The SMILES string of the molecule is COc1ccc(F)cc1CN1CCN(C(=O)c2nn(CC(C)C)c(=O)c3ccccc23)CC1. The number of fused-ring (bicyclic) bond motifs is 1. The van der Waals surface area contributed by atoms with Gasteiger partial charge in [0.25, 0.3) is 11.5 Å². The molecule has 0 atom stereocenters. The van der Waals surface area contributed by atoms with E-state index in [0.29, 0.717) is 61.5 Å². The molecule has 0 bridgehead atoms. The number of aromatic nitrogens is 2. The maximum absolute atomic E-state index is 13.7. The van der Waals surface area contributed by atoms with Gasteiger partial charge in [0.15, 0.2) is 5.69 Å². The molecular weight excluding hydrogens is 423 g/mol. The molecule has 0 saturated carbocycles. The summed E-state index contributed by atoms with van der Waals surface area (Å²) in [5.41, 5.74) is 0.918. The Morgan fingerprint density at radius 3 is 2.45 bits per heavy atom. The van der Waals surface area contributed by atoms with Crippen molar-refractivity contribution in [2.24, 2.45) is 5.92 Å². The molecule has 2 heterocycles. The second kappa shape index (κ2) is 9.70. The molecule has 2 aromatic carbocycles. The molecule has 1 aromatic heterocycles. The molecule has 174 valence electrons. The number of amides is 1. The van der Waals surface area contributed by atoms with E-state index in [-0.39, 0.29) is 23.2 Å². The Morgan fingerprint density at radius 2 is 1.79 bits per heavy atom. The maximum atomic E-state index is 13.7. The molecule has 1 fully saturated rings. The fourth-order valence-corrected chi connectivity index (χ4v) is 4.23. The van der Waals surface area contributed by atoms with E-state index in [1.807, 2.05) is 19.9 Å². The van der Waals surface area contributed by atoms with Crippen molar-refractivity contribution in [2.45, 2.75) is 26.9 Å². The number of halogens is 1. The summed E-state index contributed by atoms with van der Waals surface area (Å²) >= 11 is 0. The van der Waals surface area contributed by atoms with Gasteiger partial charge in [0.2, 0.25) is 0 Å². The molecule has 0 unspecified atom stereocenters. The summed E-state index contributed by atoms with van der Waals surface area (Å²) in [6.45, 7) is 7.36. The zero-order valence-corrected chi connectivity index (χ0v) is 19.3. The minimum Gasteiger partial charge on any atom is -0.496 e. The molecule has 7 nitrogen and oxygen atoms in total. The van der Waals surface area contributed by atoms with Crippen LogP contribution in [0.15, 0.2) is 47.3 Å². The molecule has 4 rings (SSSR count). The summed E-state index contributed by atoms with van der Waals surface area (Å²) < 4.78 is 20.5. The van der Waals surface area contributed by atoms with Gasteiger partial charge in [-0.2, -0.15) is 5.10 Å². The lowest BCUT2D eigenvalue weighted by Crippen LogP contribution is -2.48. The average Bonchev–Trinajstić information content (AvgIpc) is 2.81. The lowest BCUT2D eigenvalue weighted by Gasteiger charge is -2.35. The number of hydrogen-bond donors (Lipinski definition) is 0. The van der Waals surface area contributed by atoms with Crippen LogP contribution in [0.3, 0.4) is 0 Å². The highest BCUT2D eigenvalue weighted by atomic mass is 19.1. The second-order valence-corrected chi connectivity index (χ2v) is 8.80. The number of methoxy groups -OCH3 is 1. The van der Waals surface area contributed by atoms with Crippen LogP contribution in [0.25, 0.3) is 10.8 Å². The van der Waals surface area contributed by atoms with Gasteiger partial charge in [0.05, 0.1) is 12.5 Å². The number of benzene rings is 2.